The molecule has 7 heteroatoms. The predicted molar refractivity (Wildman–Crippen MR) is 113 cm³/mol. The summed E-state index contributed by atoms with van der Waals surface area (Å²) < 4.78 is 41.1. The number of methoxy groups -OCH3 is 1. The second kappa shape index (κ2) is 18.1. The largest absolute Gasteiger partial charge is 0.497 e. The Kier molecular flexibility index (Phi) is 16.8. The van der Waals surface area contributed by atoms with Crippen LogP contribution < -0.4 is 5.32 Å². The normalized spacial score (nSPS) is 12.5. The minimum absolute atomic E-state index is 0.0135. The molecule has 0 radical (unpaired) electrons. The molecule has 0 aliphatic heterocycles. The first-order chi connectivity index (χ1) is 14.0. The lowest BCUT2D eigenvalue weighted by Crippen LogP contribution is -2.33. The summed E-state index contributed by atoms with van der Waals surface area (Å²) in [5, 5.41) is 6.06. The van der Waals surface area contributed by atoms with E-state index in [0.29, 0.717) is 24.4 Å². The SMILES string of the molecule is C1CC1.C=C(OC)c1ccccc1.CC/C=C(\CN(OF)C(F)F)NCCCC. The molecular formula is C22H35F3N2O2. The van der Waals surface area contributed by atoms with Crippen LogP contribution in [0.1, 0.15) is 57.9 Å². The Morgan fingerprint density at radius 1 is 1.21 bits per heavy atom. The molecule has 2 rings (SSSR count). The Labute approximate surface area is 173 Å². The van der Waals surface area contributed by atoms with Crippen molar-refractivity contribution in [2.24, 2.45) is 0 Å². The van der Waals surface area contributed by atoms with E-state index in [2.05, 4.69) is 16.9 Å². The summed E-state index contributed by atoms with van der Waals surface area (Å²) in [7, 11) is 1.62. The van der Waals surface area contributed by atoms with Crippen LogP contribution in [0.3, 0.4) is 0 Å². The lowest BCUT2D eigenvalue weighted by molar-refractivity contribution is -0.370. The monoisotopic (exact) mass is 416 g/mol. The van der Waals surface area contributed by atoms with Crippen LogP contribution in [0, 0.1) is 0 Å². The second-order valence-electron chi connectivity index (χ2n) is 6.39. The third-order valence-corrected chi connectivity index (χ3v) is 3.66. The molecule has 0 bridgehead atoms. The highest BCUT2D eigenvalue weighted by atomic mass is 19.3. The highest BCUT2D eigenvalue weighted by Gasteiger charge is 2.19. The van der Waals surface area contributed by atoms with E-state index < -0.39 is 6.55 Å². The van der Waals surface area contributed by atoms with Gasteiger partial charge >= 0.3 is 6.55 Å². The zero-order valence-electron chi connectivity index (χ0n) is 17.8. The van der Waals surface area contributed by atoms with Gasteiger partial charge in [0.1, 0.15) is 5.76 Å². The van der Waals surface area contributed by atoms with Gasteiger partial charge in [0, 0.05) is 17.8 Å². The van der Waals surface area contributed by atoms with Crippen molar-refractivity contribution >= 4 is 5.76 Å². The van der Waals surface area contributed by atoms with E-state index in [-0.39, 0.29) is 11.6 Å². The number of rotatable bonds is 11. The number of nitrogens with zero attached hydrogens (tertiary/aromatic N) is 1. The Hall–Kier alpha value is -1.99. The quantitative estimate of drug-likeness (QED) is 0.194. The molecule has 1 fully saturated rings. The van der Waals surface area contributed by atoms with Gasteiger partial charge < -0.3 is 10.1 Å². The van der Waals surface area contributed by atoms with Gasteiger partial charge in [0.05, 0.1) is 13.7 Å². The van der Waals surface area contributed by atoms with Gasteiger partial charge in [-0.3, -0.25) is 0 Å². The number of halogens is 3. The fourth-order valence-electron chi connectivity index (χ4n) is 1.90. The number of allylic oxidation sites excluding steroid dienone is 1. The van der Waals surface area contributed by atoms with E-state index >= 15 is 0 Å². The number of ether oxygens (including phenoxy) is 1. The zero-order chi connectivity index (χ0) is 21.9. The van der Waals surface area contributed by atoms with Crippen molar-refractivity contribution in [3.8, 4) is 0 Å². The molecule has 0 aromatic heterocycles. The Morgan fingerprint density at radius 3 is 2.24 bits per heavy atom. The molecule has 1 aliphatic rings. The minimum atomic E-state index is -2.97. The van der Waals surface area contributed by atoms with Crippen LogP contribution in [0.25, 0.3) is 5.76 Å². The molecular weight excluding hydrogens is 381 g/mol. The molecule has 0 saturated heterocycles. The first kappa shape index (κ1) is 27.0. The van der Waals surface area contributed by atoms with Crippen LogP contribution in [0.2, 0.25) is 0 Å². The molecule has 4 nitrogen and oxygen atoms in total. The number of unbranched alkanes of at least 4 members (excludes halogenated alkanes) is 1. The van der Waals surface area contributed by atoms with Crippen molar-refractivity contribution in [3.63, 3.8) is 0 Å². The van der Waals surface area contributed by atoms with Gasteiger partial charge in [-0.25, -0.2) is 0 Å². The fraction of sp³-hybridized carbons (Fsp3) is 0.545. The summed E-state index contributed by atoms with van der Waals surface area (Å²) in [5.41, 5.74) is 1.58. The average Bonchev–Trinajstić information content (AvgIpc) is 3.62. The molecule has 1 saturated carbocycles. The number of alkyl halides is 2. The van der Waals surface area contributed by atoms with Gasteiger partial charge in [-0.15, -0.1) is 0 Å². The Bertz CT molecular complexity index is 549. The summed E-state index contributed by atoms with van der Waals surface area (Å²) in [6.45, 7) is 5.06. The first-order valence-corrected chi connectivity index (χ1v) is 10.0. The van der Waals surface area contributed by atoms with Crippen LogP contribution in [0.15, 0.2) is 48.7 Å². The van der Waals surface area contributed by atoms with E-state index in [1.807, 2.05) is 44.2 Å². The van der Waals surface area contributed by atoms with E-state index in [9.17, 15) is 13.3 Å². The molecule has 0 atom stereocenters. The van der Waals surface area contributed by atoms with Gasteiger partial charge in [-0.05, 0) is 17.4 Å². The molecule has 1 aliphatic carbocycles. The van der Waals surface area contributed by atoms with Crippen molar-refractivity contribution in [1.82, 2.24) is 10.4 Å². The highest BCUT2D eigenvalue weighted by Crippen LogP contribution is 2.15. The maximum Gasteiger partial charge on any atom is 0.318 e. The standard InChI is InChI=1S/C10H19F3N2O.C9H10O.C3H6/c1-3-5-7-14-9(6-4-2)8-15(16-13)10(11)12;1-8(10-2)9-6-4-3-5-7-9;1-2-3-1/h6,10,14H,3-5,7-8H2,1-2H3;3-7H,1H2,2H3;1-3H2/b9-6+;;. The summed E-state index contributed by atoms with van der Waals surface area (Å²) in [6.07, 6.45) is 8.87. The van der Waals surface area contributed by atoms with Crippen LogP contribution in [-0.2, 0) is 9.78 Å². The van der Waals surface area contributed by atoms with E-state index in [4.69, 9.17) is 4.74 Å². The van der Waals surface area contributed by atoms with Crippen LogP contribution in [0.4, 0.5) is 13.3 Å². The molecule has 0 heterocycles. The number of hydrogen-bond donors (Lipinski definition) is 1. The van der Waals surface area contributed by atoms with Crippen molar-refractivity contribution < 1.29 is 23.1 Å². The van der Waals surface area contributed by atoms with Gasteiger partial charge in [0.15, 0.2) is 0 Å². The molecule has 1 aromatic rings. The zero-order valence-corrected chi connectivity index (χ0v) is 17.8. The smallest absolute Gasteiger partial charge is 0.318 e. The molecule has 1 N–H and O–H groups in total. The van der Waals surface area contributed by atoms with Crippen LogP contribution in [-0.4, -0.2) is 31.8 Å². The summed E-state index contributed by atoms with van der Waals surface area (Å²) in [6, 6.07) is 9.81. The summed E-state index contributed by atoms with van der Waals surface area (Å²) in [5.74, 6) is 0.709. The first-order valence-electron chi connectivity index (χ1n) is 10.0. The number of hydroxylamine groups is 2. The minimum Gasteiger partial charge on any atom is -0.497 e. The van der Waals surface area contributed by atoms with Crippen molar-refractivity contribution in [1.29, 1.82) is 0 Å². The molecule has 166 valence electrons. The van der Waals surface area contributed by atoms with Gasteiger partial charge in [0.2, 0.25) is 0 Å². The van der Waals surface area contributed by atoms with Crippen molar-refractivity contribution in [2.45, 2.75) is 58.9 Å². The van der Waals surface area contributed by atoms with Crippen LogP contribution in [0.5, 0.6) is 0 Å². The number of benzene rings is 1. The maximum absolute atomic E-state index is 12.2. The highest BCUT2D eigenvalue weighted by molar-refractivity contribution is 5.56. The van der Waals surface area contributed by atoms with E-state index in [0.717, 1.165) is 18.4 Å². The molecule has 29 heavy (non-hydrogen) atoms. The Morgan fingerprint density at radius 2 is 1.83 bits per heavy atom. The topological polar surface area (TPSA) is 33.7 Å². The molecule has 0 spiro atoms. The molecule has 1 aromatic carbocycles. The lowest BCUT2D eigenvalue weighted by atomic mass is 10.2. The number of hydrogen-bond acceptors (Lipinski definition) is 4. The van der Waals surface area contributed by atoms with Crippen molar-refractivity contribution in [2.75, 3.05) is 20.2 Å². The second-order valence-corrected chi connectivity index (χ2v) is 6.39. The molecule has 0 amide bonds. The summed E-state index contributed by atoms with van der Waals surface area (Å²) >= 11 is 0. The Balaban J connectivity index is 0.000000503. The van der Waals surface area contributed by atoms with Gasteiger partial charge in [-0.1, -0.05) is 92.6 Å². The van der Waals surface area contributed by atoms with Gasteiger partial charge in [0.25, 0.3) is 0 Å². The average molecular weight is 417 g/mol. The third-order valence-electron chi connectivity index (χ3n) is 3.66. The maximum atomic E-state index is 12.2. The fourth-order valence-corrected chi connectivity index (χ4v) is 1.90. The number of nitrogens with one attached hydrogen (secondary N) is 1. The van der Waals surface area contributed by atoms with E-state index in [1.54, 1.807) is 13.2 Å². The predicted octanol–water partition coefficient (Wildman–Crippen LogP) is 6.48. The molecule has 0 unspecified atom stereocenters. The summed E-state index contributed by atoms with van der Waals surface area (Å²) in [4.78, 5) is 0. The van der Waals surface area contributed by atoms with E-state index in [1.165, 1.54) is 19.3 Å². The third kappa shape index (κ3) is 15.6. The lowest BCUT2D eigenvalue weighted by Gasteiger charge is -2.18. The van der Waals surface area contributed by atoms with Gasteiger partial charge in [-0.2, -0.15) is 8.78 Å². The van der Waals surface area contributed by atoms with Crippen molar-refractivity contribution in [3.05, 3.63) is 54.2 Å². The van der Waals surface area contributed by atoms with Crippen LogP contribution >= 0.6 is 0 Å².